The fraction of sp³-hybridized carbons (Fsp3) is 0.692. The molecule has 2 amide bonds. The van der Waals surface area contributed by atoms with Crippen molar-refractivity contribution in [2.45, 2.75) is 57.4 Å². The van der Waals surface area contributed by atoms with Crippen LogP contribution in [0.3, 0.4) is 0 Å². The number of carbonyl (C=O) groups excluding carboxylic acids is 2. The van der Waals surface area contributed by atoms with Gasteiger partial charge in [-0.05, 0) is 19.8 Å². The lowest BCUT2D eigenvalue weighted by Gasteiger charge is -2.38. The second-order valence-electron chi connectivity index (χ2n) is 5.11. The van der Waals surface area contributed by atoms with Crippen molar-refractivity contribution in [3.63, 3.8) is 0 Å². The van der Waals surface area contributed by atoms with Gasteiger partial charge in [0, 0.05) is 17.7 Å². The summed E-state index contributed by atoms with van der Waals surface area (Å²) in [7, 11) is 0. The van der Waals surface area contributed by atoms with Crippen LogP contribution in [0.15, 0.2) is 12.2 Å². The van der Waals surface area contributed by atoms with E-state index in [1.807, 2.05) is 0 Å². The normalized spacial score (nSPS) is 25.7. The zero-order valence-electron chi connectivity index (χ0n) is 9.87. The molecule has 0 atom stereocenters. The first-order valence-corrected chi connectivity index (χ1v) is 6.20. The Morgan fingerprint density at radius 1 is 0.938 bits per heavy atom. The van der Waals surface area contributed by atoms with Crippen LogP contribution in [0.5, 0.6) is 0 Å². The first kappa shape index (κ1) is 11.4. The van der Waals surface area contributed by atoms with Gasteiger partial charge < -0.3 is 0 Å². The van der Waals surface area contributed by atoms with Gasteiger partial charge in [0.15, 0.2) is 0 Å². The molecule has 0 spiro atoms. The maximum atomic E-state index is 11.7. The average Bonchev–Trinajstić information content (AvgIpc) is 2.54. The Labute approximate surface area is 96.5 Å². The first-order chi connectivity index (χ1) is 7.63. The Morgan fingerprint density at radius 3 is 1.88 bits per heavy atom. The average molecular weight is 221 g/mol. The summed E-state index contributed by atoms with van der Waals surface area (Å²) < 4.78 is 0. The topological polar surface area (TPSA) is 37.4 Å². The van der Waals surface area contributed by atoms with Gasteiger partial charge in [0.2, 0.25) is 0 Å². The van der Waals surface area contributed by atoms with E-state index in [4.69, 9.17) is 0 Å². The predicted octanol–water partition coefficient (Wildman–Crippen LogP) is 2.41. The minimum Gasteiger partial charge on any atom is -0.269 e. The summed E-state index contributed by atoms with van der Waals surface area (Å²) in [5.74, 6) is -0.263. The van der Waals surface area contributed by atoms with Crippen LogP contribution in [0, 0.1) is 0 Å². The van der Waals surface area contributed by atoms with Crippen LogP contribution >= 0.6 is 0 Å². The molecule has 1 heterocycles. The summed E-state index contributed by atoms with van der Waals surface area (Å²) in [5.41, 5.74) is -0.252. The quantitative estimate of drug-likeness (QED) is 0.638. The fourth-order valence-electron chi connectivity index (χ4n) is 2.82. The monoisotopic (exact) mass is 221 g/mol. The molecule has 0 aromatic heterocycles. The van der Waals surface area contributed by atoms with Gasteiger partial charge >= 0.3 is 0 Å². The third-order valence-electron chi connectivity index (χ3n) is 3.78. The van der Waals surface area contributed by atoms with Crippen LogP contribution in [0.2, 0.25) is 0 Å². The van der Waals surface area contributed by atoms with Crippen molar-refractivity contribution in [2.24, 2.45) is 0 Å². The minimum absolute atomic E-state index is 0.131. The lowest BCUT2D eigenvalue weighted by Crippen LogP contribution is -2.50. The molecule has 0 aromatic rings. The zero-order chi connectivity index (χ0) is 11.6. The number of amides is 2. The van der Waals surface area contributed by atoms with Crippen molar-refractivity contribution in [1.29, 1.82) is 0 Å². The van der Waals surface area contributed by atoms with Gasteiger partial charge in [0.05, 0.1) is 0 Å². The highest BCUT2D eigenvalue weighted by Crippen LogP contribution is 2.33. The number of hydrogen-bond acceptors (Lipinski definition) is 2. The zero-order valence-corrected chi connectivity index (χ0v) is 9.87. The van der Waals surface area contributed by atoms with E-state index in [0.29, 0.717) is 0 Å². The highest BCUT2D eigenvalue weighted by Gasteiger charge is 2.40. The summed E-state index contributed by atoms with van der Waals surface area (Å²) in [4.78, 5) is 24.9. The first-order valence-electron chi connectivity index (χ1n) is 6.20. The third-order valence-corrected chi connectivity index (χ3v) is 3.78. The SMILES string of the molecule is CC1(N2C(=O)C=CC2=O)CCCCCCC1. The summed E-state index contributed by atoms with van der Waals surface area (Å²) in [6, 6.07) is 0. The standard InChI is InChI=1S/C13H19NO2/c1-13(9-5-3-2-4-6-10-13)14-11(15)7-8-12(14)16/h7-8H,2-6,9-10H2,1H3. The van der Waals surface area contributed by atoms with Crippen LogP contribution in [0.4, 0.5) is 0 Å². The Morgan fingerprint density at radius 2 is 1.38 bits per heavy atom. The van der Waals surface area contributed by atoms with Crippen molar-refractivity contribution in [1.82, 2.24) is 4.90 Å². The molecule has 0 aromatic carbocycles. The molecule has 0 saturated heterocycles. The third kappa shape index (κ3) is 2.04. The predicted molar refractivity (Wildman–Crippen MR) is 61.7 cm³/mol. The van der Waals surface area contributed by atoms with Crippen LogP contribution in [0.25, 0.3) is 0 Å². The maximum Gasteiger partial charge on any atom is 0.254 e. The lowest BCUT2D eigenvalue weighted by atomic mass is 9.84. The Balaban J connectivity index is 2.15. The van der Waals surface area contributed by atoms with E-state index in [1.165, 1.54) is 36.3 Å². The van der Waals surface area contributed by atoms with E-state index in [0.717, 1.165) is 25.7 Å². The Bertz CT molecular complexity index is 307. The number of hydrogen-bond donors (Lipinski definition) is 0. The second kappa shape index (κ2) is 4.40. The second-order valence-corrected chi connectivity index (χ2v) is 5.11. The van der Waals surface area contributed by atoms with Gasteiger partial charge in [-0.2, -0.15) is 0 Å². The molecule has 0 bridgehead atoms. The molecule has 0 radical (unpaired) electrons. The Kier molecular flexibility index (Phi) is 3.13. The van der Waals surface area contributed by atoms with Crippen LogP contribution in [-0.2, 0) is 9.59 Å². The van der Waals surface area contributed by atoms with Crippen LogP contribution in [-0.4, -0.2) is 22.3 Å². The van der Waals surface area contributed by atoms with Crippen LogP contribution in [0.1, 0.15) is 51.9 Å². The van der Waals surface area contributed by atoms with Gasteiger partial charge in [0.25, 0.3) is 11.8 Å². The van der Waals surface area contributed by atoms with Crippen molar-refractivity contribution in [3.05, 3.63) is 12.2 Å². The highest BCUT2D eigenvalue weighted by atomic mass is 16.2. The number of imide groups is 1. The van der Waals surface area contributed by atoms with E-state index in [2.05, 4.69) is 6.92 Å². The molecule has 0 N–H and O–H groups in total. The molecular weight excluding hydrogens is 202 g/mol. The molecule has 1 aliphatic heterocycles. The van der Waals surface area contributed by atoms with E-state index >= 15 is 0 Å². The van der Waals surface area contributed by atoms with E-state index in [-0.39, 0.29) is 17.4 Å². The van der Waals surface area contributed by atoms with Crippen molar-refractivity contribution in [3.8, 4) is 0 Å². The molecule has 3 nitrogen and oxygen atoms in total. The number of nitrogens with zero attached hydrogens (tertiary/aromatic N) is 1. The molecule has 88 valence electrons. The molecule has 1 aliphatic carbocycles. The summed E-state index contributed by atoms with van der Waals surface area (Å²) in [6.07, 6.45) is 10.7. The fourth-order valence-corrected chi connectivity index (χ4v) is 2.82. The van der Waals surface area contributed by atoms with Gasteiger partial charge in [-0.15, -0.1) is 0 Å². The highest BCUT2D eigenvalue weighted by molar-refractivity contribution is 6.13. The summed E-state index contributed by atoms with van der Waals surface area (Å²) >= 11 is 0. The van der Waals surface area contributed by atoms with Gasteiger partial charge in [0.1, 0.15) is 0 Å². The maximum absolute atomic E-state index is 11.7. The van der Waals surface area contributed by atoms with Gasteiger partial charge in [-0.1, -0.05) is 32.1 Å². The van der Waals surface area contributed by atoms with Gasteiger partial charge in [-0.3, -0.25) is 14.5 Å². The molecule has 2 aliphatic rings. The van der Waals surface area contributed by atoms with Crippen molar-refractivity contribution < 1.29 is 9.59 Å². The Hall–Kier alpha value is -1.12. The molecule has 0 unspecified atom stereocenters. The number of carbonyl (C=O) groups is 2. The van der Waals surface area contributed by atoms with E-state index < -0.39 is 0 Å². The van der Waals surface area contributed by atoms with E-state index in [9.17, 15) is 9.59 Å². The molecule has 1 fully saturated rings. The summed E-state index contributed by atoms with van der Waals surface area (Å²) in [5, 5.41) is 0. The van der Waals surface area contributed by atoms with Crippen molar-refractivity contribution >= 4 is 11.8 Å². The molecular formula is C13H19NO2. The molecule has 3 heteroatoms. The minimum atomic E-state index is -0.252. The smallest absolute Gasteiger partial charge is 0.254 e. The lowest BCUT2D eigenvalue weighted by molar-refractivity contribution is -0.144. The molecule has 1 saturated carbocycles. The molecule has 2 rings (SSSR count). The summed E-state index contributed by atoms with van der Waals surface area (Å²) in [6.45, 7) is 2.06. The number of rotatable bonds is 1. The van der Waals surface area contributed by atoms with E-state index in [1.54, 1.807) is 0 Å². The van der Waals surface area contributed by atoms with Crippen LogP contribution < -0.4 is 0 Å². The van der Waals surface area contributed by atoms with Crippen molar-refractivity contribution in [2.75, 3.05) is 0 Å². The van der Waals surface area contributed by atoms with Gasteiger partial charge in [-0.25, -0.2) is 0 Å². The largest absolute Gasteiger partial charge is 0.269 e. The molecule has 16 heavy (non-hydrogen) atoms.